The first-order chi connectivity index (χ1) is 14.5. The van der Waals surface area contributed by atoms with Crippen molar-refractivity contribution in [3.8, 4) is 11.3 Å². The third-order valence-electron chi connectivity index (χ3n) is 4.59. The van der Waals surface area contributed by atoms with Crippen LogP contribution in [0.25, 0.3) is 22.3 Å². The molecule has 0 aliphatic carbocycles. The van der Waals surface area contributed by atoms with Gasteiger partial charge in [0.05, 0.1) is 21.7 Å². The minimum absolute atomic E-state index is 0.139. The molecule has 2 heterocycles. The van der Waals surface area contributed by atoms with Crippen molar-refractivity contribution >= 4 is 22.5 Å². The maximum atomic E-state index is 13.3. The molecule has 30 heavy (non-hydrogen) atoms. The number of nitrogens with zero attached hydrogens (tertiary/aromatic N) is 3. The molecule has 0 saturated carbocycles. The molecule has 152 valence electrons. The molecule has 0 aliphatic heterocycles. The van der Waals surface area contributed by atoms with Gasteiger partial charge in [-0.05, 0) is 55.0 Å². The number of pyridine rings is 1. The fourth-order valence-electron chi connectivity index (χ4n) is 3.13. The molecule has 2 N–H and O–H groups in total. The van der Waals surface area contributed by atoms with Crippen LogP contribution in [0.15, 0.2) is 54.6 Å². The number of fused-ring (bicyclic) bond motifs is 1. The van der Waals surface area contributed by atoms with Crippen molar-refractivity contribution in [2.24, 2.45) is 0 Å². The summed E-state index contributed by atoms with van der Waals surface area (Å²) in [6.45, 7) is 0.423. The Hall–Kier alpha value is -3.88. The van der Waals surface area contributed by atoms with Gasteiger partial charge in [-0.2, -0.15) is 0 Å². The number of rotatable bonds is 7. The average Bonchev–Trinajstić information content (AvgIpc) is 3.13. The number of aromatic nitrogens is 3. The number of hydrogen-bond acceptors (Lipinski definition) is 5. The van der Waals surface area contributed by atoms with Gasteiger partial charge in [-0.25, -0.2) is 18.7 Å². The first-order valence-electron chi connectivity index (χ1n) is 9.29. The molecule has 7 nitrogen and oxygen atoms in total. The van der Waals surface area contributed by atoms with E-state index in [0.717, 1.165) is 0 Å². The third kappa shape index (κ3) is 4.24. The van der Waals surface area contributed by atoms with E-state index < -0.39 is 4.92 Å². The second-order valence-electron chi connectivity index (χ2n) is 6.70. The molecule has 2 aromatic carbocycles. The van der Waals surface area contributed by atoms with Crippen LogP contribution in [-0.4, -0.2) is 26.4 Å². The van der Waals surface area contributed by atoms with Crippen LogP contribution in [0.5, 0.6) is 0 Å². The Morgan fingerprint density at radius 2 is 1.77 bits per heavy atom. The quantitative estimate of drug-likeness (QED) is 0.258. The molecule has 4 rings (SSSR count). The molecule has 0 fully saturated rings. The topological polar surface area (TPSA) is 96.7 Å². The summed E-state index contributed by atoms with van der Waals surface area (Å²) in [7, 11) is 0. The number of halogens is 2. The van der Waals surface area contributed by atoms with Gasteiger partial charge in [-0.1, -0.05) is 0 Å². The highest BCUT2D eigenvalue weighted by Gasteiger charge is 2.16. The molecule has 0 atom stereocenters. The number of aryl methyl sites for hydroxylation is 1. The van der Waals surface area contributed by atoms with Crippen LogP contribution in [0.3, 0.4) is 0 Å². The number of hydrogen-bond donors (Lipinski definition) is 2. The van der Waals surface area contributed by atoms with E-state index in [-0.39, 0.29) is 23.1 Å². The van der Waals surface area contributed by atoms with E-state index in [1.165, 1.54) is 36.4 Å². The largest absolute Gasteiger partial charge is 0.364 e. The van der Waals surface area contributed by atoms with Crippen molar-refractivity contribution < 1.29 is 13.7 Å². The van der Waals surface area contributed by atoms with Crippen LogP contribution in [0.2, 0.25) is 0 Å². The van der Waals surface area contributed by atoms with Crippen LogP contribution in [0.4, 0.5) is 20.3 Å². The SMILES string of the molecule is O=[N+]([O-])c1ccc(-c2ccc(F)cc2)nc1NCCCc1nc2ccc(F)cc2[nH]1. The summed E-state index contributed by atoms with van der Waals surface area (Å²) >= 11 is 0. The monoisotopic (exact) mass is 409 g/mol. The summed E-state index contributed by atoms with van der Waals surface area (Å²) < 4.78 is 26.4. The van der Waals surface area contributed by atoms with Gasteiger partial charge in [0.15, 0.2) is 0 Å². The van der Waals surface area contributed by atoms with Crippen molar-refractivity contribution in [1.29, 1.82) is 0 Å². The van der Waals surface area contributed by atoms with Gasteiger partial charge in [0.1, 0.15) is 17.5 Å². The van der Waals surface area contributed by atoms with Crippen LogP contribution in [0.1, 0.15) is 12.2 Å². The molecule has 9 heteroatoms. The van der Waals surface area contributed by atoms with Crippen molar-refractivity contribution in [2.45, 2.75) is 12.8 Å². The summed E-state index contributed by atoms with van der Waals surface area (Å²) in [6.07, 6.45) is 1.21. The van der Waals surface area contributed by atoms with Crippen LogP contribution in [-0.2, 0) is 6.42 Å². The van der Waals surface area contributed by atoms with Crippen LogP contribution >= 0.6 is 0 Å². The van der Waals surface area contributed by atoms with E-state index in [1.54, 1.807) is 18.2 Å². The Morgan fingerprint density at radius 1 is 1.00 bits per heavy atom. The van der Waals surface area contributed by atoms with Crippen LogP contribution < -0.4 is 5.32 Å². The second-order valence-corrected chi connectivity index (χ2v) is 6.70. The second kappa shape index (κ2) is 8.24. The number of nitro groups is 1. The van der Waals surface area contributed by atoms with Crippen molar-refractivity contribution in [2.75, 3.05) is 11.9 Å². The maximum Gasteiger partial charge on any atom is 0.311 e. The third-order valence-corrected chi connectivity index (χ3v) is 4.59. The molecule has 0 radical (unpaired) electrons. The summed E-state index contributed by atoms with van der Waals surface area (Å²) in [5.41, 5.74) is 2.33. The van der Waals surface area contributed by atoms with E-state index in [0.29, 0.717) is 47.5 Å². The van der Waals surface area contributed by atoms with E-state index in [2.05, 4.69) is 20.3 Å². The van der Waals surface area contributed by atoms with Crippen LogP contribution in [0, 0.1) is 21.7 Å². The number of anilines is 1. The molecular weight excluding hydrogens is 392 g/mol. The number of benzene rings is 2. The summed E-state index contributed by atoms with van der Waals surface area (Å²) in [4.78, 5) is 22.6. The molecular formula is C21H17F2N5O2. The Kier molecular flexibility index (Phi) is 5.34. The van der Waals surface area contributed by atoms with E-state index in [4.69, 9.17) is 0 Å². The minimum atomic E-state index is -0.502. The summed E-state index contributed by atoms with van der Waals surface area (Å²) in [6, 6.07) is 13.0. The lowest BCUT2D eigenvalue weighted by Crippen LogP contribution is -2.08. The molecule has 0 amide bonds. The van der Waals surface area contributed by atoms with Gasteiger partial charge < -0.3 is 10.3 Å². The Balaban J connectivity index is 1.45. The van der Waals surface area contributed by atoms with Gasteiger partial charge >= 0.3 is 5.69 Å². The molecule has 4 aromatic rings. The van der Waals surface area contributed by atoms with E-state index in [1.807, 2.05) is 0 Å². The van der Waals surface area contributed by atoms with Gasteiger partial charge in [0.25, 0.3) is 0 Å². The average molecular weight is 409 g/mol. The van der Waals surface area contributed by atoms with E-state index in [9.17, 15) is 18.9 Å². The fourth-order valence-corrected chi connectivity index (χ4v) is 3.13. The molecule has 0 spiro atoms. The van der Waals surface area contributed by atoms with Crippen molar-refractivity contribution in [3.63, 3.8) is 0 Å². The summed E-state index contributed by atoms with van der Waals surface area (Å²) in [5, 5.41) is 14.3. The first-order valence-corrected chi connectivity index (χ1v) is 9.29. The Labute approximate surface area is 170 Å². The predicted octanol–water partition coefficient (Wildman–Crippen LogP) is 4.86. The number of aromatic amines is 1. The zero-order valence-corrected chi connectivity index (χ0v) is 15.7. The summed E-state index contributed by atoms with van der Waals surface area (Å²) in [5.74, 6) is 0.152. The fraction of sp³-hybridized carbons (Fsp3) is 0.143. The number of nitrogens with one attached hydrogen (secondary N) is 2. The van der Waals surface area contributed by atoms with Crippen molar-refractivity contribution in [1.82, 2.24) is 15.0 Å². The lowest BCUT2D eigenvalue weighted by molar-refractivity contribution is -0.384. The zero-order valence-electron chi connectivity index (χ0n) is 15.7. The highest BCUT2D eigenvalue weighted by atomic mass is 19.1. The van der Waals surface area contributed by atoms with Gasteiger partial charge in [0, 0.05) is 24.6 Å². The highest BCUT2D eigenvalue weighted by Crippen LogP contribution is 2.27. The lowest BCUT2D eigenvalue weighted by atomic mass is 10.1. The Bertz CT molecular complexity index is 1210. The van der Waals surface area contributed by atoms with Gasteiger partial charge in [-0.15, -0.1) is 0 Å². The maximum absolute atomic E-state index is 13.3. The number of H-pyrrole nitrogens is 1. The Morgan fingerprint density at radius 3 is 2.53 bits per heavy atom. The highest BCUT2D eigenvalue weighted by molar-refractivity contribution is 5.75. The van der Waals surface area contributed by atoms with E-state index >= 15 is 0 Å². The molecule has 0 unspecified atom stereocenters. The lowest BCUT2D eigenvalue weighted by Gasteiger charge is -2.08. The molecule has 0 aliphatic rings. The first kappa shape index (κ1) is 19.4. The van der Waals surface area contributed by atoms with Gasteiger partial charge in [0.2, 0.25) is 5.82 Å². The molecule has 0 bridgehead atoms. The smallest absolute Gasteiger partial charge is 0.311 e. The predicted molar refractivity (Wildman–Crippen MR) is 109 cm³/mol. The molecule has 0 saturated heterocycles. The van der Waals surface area contributed by atoms with Crippen molar-refractivity contribution in [3.05, 3.63) is 82.2 Å². The zero-order chi connectivity index (χ0) is 21.1. The standard InChI is InChI=1S/C21H17F2N5O2/c22-14-5-3-13(4-6-14)16-9-10-19(28(29)30)21(27-16)24-11-1-2-20-25-17-8-7-15(23)12-18(17)26-20/h3-10,12H,1-2,11H2,(H,24,27)(H,25,26). The van der Waals surface area contributed by atoms with Gasteiger partial charge in [-0.3, -0.25) is 10.1 Å². The normalized spacial score (nSPS) is 11.0. The molecule has 2 aromatic heterocycles. The minimum Gasteiger partial charge on any atom is -0.364 e. The number of imidazole rings is 1.